The summed E-state index contributed by atoms with van der Waals surface area (Å²) in [5, 5.41) is 6.88. The lowest BCUT2D eigenvalue weighted by Crippen LogP contribution is -2.52. The van der Waals surface area contributed by atoms with Crippen LogP contribution in [0.2, 0.25) is 0 Å². The summed E-state index contributed by atoms with van der Waals surface area (Å²) in [4.78, 5) is 4.44. The molecule has 4 heteroatoms. The number of rotatable bonds is 5. The van der Waals surface area contributed by atoms with Crippen molar-refractivity contribution in [3.8, 4) is 0 Å². The quantitative estimate of drug-likeness (QED) is 0.780. The summed E-state index contributed by atoms with van der Waals surface area (Å²) in [5.74, 6) is 0.809. The first kappa shape index (κ1) is 11.0. The maximum Gasteiger partial charge on any atom is 0.113 e. The third-order valence-corrected chi connectivity index (χ3v) is 3.98. The Labute approximate surface area is 94.9 Å². The lowest BCUT2D eigenvalue weighted by atomic mass is 9.69. The first-order chi connectivity index (χ1) is 7.27. The normalized spacial score (nSPS) is 30.1. The van der Waals surface area contributed by atoms with Gasteiger partial charge in [0.15, 0.2) is 0 Å². The molecule has 0 aromatic carbocycles. The zero-order valence-electron chi connectivity index (χ0n) is 9.32. The van der Waals surface area contributed by atoms with Crippen LogP contribution in [-0.2, 0) is 10.3 Å². The standard InChI is InChI=1S/C11H18N2OS/c1-9-7-11(8-9,13-3-5-14-2)10-12-4-6-15-10/h4,6,9,13H,3,5,7-8H2,1-2H3. The Hall–Kier alpha value is -0.450. The van der Waals surface area contributed by atoms with Gasteiger partial charge in [0.2, 0.25) is 0 Å². The van der Waals surface area contributed by atoms with Crippen molar-refractivity contribution in [3.05, 3.63) is 16.6 Å². The zero-order chi connectivity index (χ0) is 10.7. The molecule has 0 saturated heterocycles. The lowest BCUT2D eigenvalue weighted by molar-refractivity contribution is 0.0982. The number of methoxy groups -OCH3 is 1. The van der Waals surface area contributed by atoms with Gasteiger partial charge in [-0.25, -0.2) is 4.98 Å². The highest BCUT2D eigenvalue weighted by Gasteiger charge is 2.44. The van der Waals surface area contributed by atoms with Gasteiger partial charge in [-0.15, -0.1) is 11.3 Å². The molecule has 0 amide bonds. The summed E-state index contributed by atoms with van der Waals surface area (Å²) < 4.78 is 5.07. The molecule has 0 unspecified atom stereocenters. The molecule has 1 aliphatic rings. The van der Waals surface area contributed by atoms with E-state index >= 15 is 0 Å². The van der Waals surface area contributed by atoms with Gasteiger partial charge >= 0.3 is 0 Å². The molecule has 2 rings (SSSR count). The summed E-state index contributed by atoms with van der Waals surface area (Å²) in [6, 6.07) is 0. The molecule has 1 saturated carbocycles. The van der Waals surface area contributed by atoms with E-state index in [1.54, 1.807) is 18.4 Å². The lowest BCUT2D eigenvalue weighted by Gasteiger charge is -2.45. The van der Waals surface area contributed by atoms with Crippen molar-refractivity contribution in [2.24, 2.45) is 5.92 Å². The number of aromatic nitrogens is 1. The number of hydrogen-bond acceptors (Lipinski definition) is 4. The second kappa shape index (κ2) is 4.60. The second-order valence-corrected chi connectivity index (χ2v) is 5.25. The van der Waals surface area contributed by atoms with E-state index in [1.165, 1.54) is 17.8 Å². The minimum atomic E-state index is 0.145. The largest absolute Gasteiger partial charge is 0.383 e. The number of nitrogens with one attached hydrogen (secondary N) is 1. The summed E-state index contributed by atoms with van der Waals surface area (Å²) in [6.45, 7) is 3.97. The molecular weight excluding hydrogens is 208 g/mol. The number of thiazole rings is 1. The minimum absolute atomic E-state index is 0.145. The van der Waals surface area contributed by atoms with E-state index in [1.807, 2.05) is 6.20 Å². The van der Waals surface area contributed by atoms with Gasteiger partial charge in [0.1, 0.15) is 5.01 Å². The molecular formula is C11H18N2OS. The summed E-state index contributed by atoms with van der Waals surface area (Å²) >= 11 is 1.75. The first-order valence-corrected chi connectivity index (χ1v) is 6.29. The highest BCUT2D eigenvalue weighted by molar-refractivity contribution is 7.09. The number of ether oxygens (including phenoxy) is 1. The monoisotopic (exact) mass is 226 g/mol. The minimum Gasteiger partial charge on any atom is -0.383 e. The van der Waals surface area contributed by atoms with E-state index < -0.39 is 0 Å². The maximum atomic E-state index is 5.07. The van der Waals surface area contributed by atoms with Gasteiger partial charge in [-0.2, -0.15) is 0 Å². The average molecular weight is 226 g/mol. The predicted octanol–water partition coefficient (Wildman–Crippen LogP) is 2.00. The fraction of sp³-hybridized carbons (Fsp3) is 0.727. The van der Waals surface area contributed by atoms with Gasteiger partial charge in [0.05, 0.1) is 12.1 Å². The van der Waals surface area contributed by atoms with Crippen LogP contribution in [0.4, 0.5) is 0 Å². The van der Waals surface area contributed by atoms with Crippen molar-refractivity contribution < 1.29 is 4.74 Å². The molecule has 3 nitrogen and oxygen atoms in total. The van der Waals surface area contributed by atoms with Crippen LogP contribution >= 0.6 is 11.3 Å². The molecule has 0 radical (unpaired) electrons. The third kappa shape index (κ3) is 2.22. The molecule has 1 heterocycles. The topological polar surface area (TPSA) is 34.1 Å². The van der Waals surface area contributed by atoms with Gasteiger partial charge in [-0.05, 0) is 18.8 Å². The summed E-state index contributed by atoms with van der Waals surface area (Å²) in [6.07, 6.45) is 4.29. The smallest absolute Gasteiger partial charge is 0.113 e. The van der Waals surface area contributed by atoms with Gasteiger partial charge in [-0.3, -0.25) is 0 Å². The van der Waals surface area contributed by atoms with Crippen molar-refractivity contribution in [1.82, 2.24) is 10.3 Å². The summed E-state index contributed by atoms with van der Waals surface area (Å²) in [7, 11) is 1.74. The molecule has 15 heavy (non-hydrogen) atoms. The zero-order valence-corrected chi connectivity index (χ0v) is 10.1. The summed E-state index contributed by atoms with van der Waals surface area (Å²) in [5.41, 5.74) is 0.145. The number of hydrogen-bond donors (Lipinski definition) is 1. The SMILES string of the molecule is COCCNC1(c2nccs2)CC(C)C1. The Bertz CT molecular complexity index is 294. The molecule has 84 valence electrons. The van der Waals surface area contributed by atoms with Crippen LogP contribution in [0.15, 0.2) is 11.6 Å². The molecule has 1 aliphatic carbocycles. The van der Waals surface area contributed by atoms with Crippen LogP contribution in [0.5, 0.6) is 0 Å². The highest BCUT2D eigenvalue weighted by Crippen LogP contribution is 2.45. The van der Waals surface area contributed by atoms with E-state index in [4.69, 9.17) is 4.74 Å². The fourth-order valence-corrected chi connectivity index (χ4v) is 3.21. The van der Waals surface area contributed by atoms with Crippen LogP contribution in [0.25, 0.3) is 0 Å². The Morgan fingerprint density at radius 1 is 1.67 bits per heavy atom. The van der Waals surface area contributed by atoms with Crippen LogP contribution in [0.3, 0.4) is 0 Å². The van der Waals surface area contributed by atoms with E-state index in [9.17, 15) is 0 Å². The van der Waals surface area contributed by atoms with Crippen LogP contribution in [-0.4, -0.2) is 25.2 Å². The van der Waals surface area contributed by atoms with Crippen LogP contribution in [0, 0.1) is 5.92 Å². The van der Waals surface area contributed by atoms with E-state index in [2.05, 4.69) is 22.6 Å². The predicted molar refractivity (Wildman–Crippen MR) is 62.1 cm³/mol. The average Bonchev–Trinajstić information content (AvgIpc) is 2.67. The van der Waals surface area contributed by atoms with Crippen LogP contribution < -0.4 is 5.32 Å². The second-order valence-electron chi connectivity index (χ2n) is 4.35. The van der Waals surface area contributed by atoms with Crippen molar-refractivity contribution in [2.45, 2.75) is 25.3 Å². The molecule has 1 fully saturated rings. The van der Waals surface area contributed by atoms with Gasteiger partial charge in [0.25, 0.3) is 0 Å². The van der Waals surface area contributed by atoms with Crippen molar-refractivity contribution in [1.29, 1.82) is 0 Å². The Balaban J connectivity index is 1.99. The molecule has 1 N–H and O–H groups in total. The Morgan fingerprint density at radius 3 is 3.00 bits per heavy atom. The van der Waals surface area contributed by atoms with E-state index in [0.717, 1.165) is 19.1 Å². The maximum absolute atomic E-state index is 5.07. The van der Waals surface area contributed by atoms with Crippen molar-refractivity contribution in [3.63, 3.8) is 0 Å². The molecule has 0 spiro atoms. The molecule has 0 atom stereocenters. The van der Waals surface area contributed by atoms with Gasteiger partial charge in [0, 0.05) is 25.2 Å². The van der Waals surface area contributed by atoms with Crippen molar-refractivity contribution >= 4 is 11.3 Å². The molecule has 1 aromatic heterocycles. The van der Waals surface area contributed by atoms with Crippen molar-refractivity contribution in [2.75, 3.05) is 20.3 Å². The number of nitrogens with zero attached hydrogens (tertiary/aromatic N) is 1. The fourth-order valence-electron chi connectivity index (χ4n) is 2.38. The molecule has 0 bridgehead atoms. The highest BCUT2D eigenvalue weighted by atomic mass is 32.1. The Kier molecular flexibility index (Phi) is 3.38. The molecule has 0 aliphatic heterocycles. The Morgan fingerprint density at radius 2 is 2.47 bits per heavy atom. The van der Waals surface area contributed by atoms with E-state index in [-0.39, 0.29) is 5.54 Å². The van der Waals surface area contributed by atoms with E-state index in [0.29, 0.717) is 0 Å². The molecule has 1 aromatic rings. The van der Waals surface area contributed by atoms with Gasteiger partial charge in [-0.1, -0.05) is 6.92 Å². The van der Waals surface area contributed by atoms with Gasteiger partial charge < -0.3 is 10.1 Å². The van der Waals surface area contributed by atoms with Crippen LogP contribution in [0.1, 0.15) is 24.8 Å². The third-order valence-electron chi connectivity index (χ3n) is 3.01. The first-order valence-electron chi connectivity index (χ1n) is 5.41.